The molecule has 0 aliphatic rings. The summed E-state index contributed by atoms with van der Waals surface area (Å²) in [5.41, 5.74) is 4.38. The van der Waals surface area contributed by atoms with Gasteiger partial charge in [-0.2, -0.15) is 0 Å². The van der Waals surface area contributed by atoms with Crippen molar-refractivity contribution in [1.29, 1.82) is 0 Å². The Balaban J connectivity index is 1.66. The number of aryl methyl sites for hydroxylation is 2. The zero-order chi connectivity index (χ0) is 17.8. The average molecular weight is 335 g/mol. The van der Waals surface area contributed by atoms with Crippen LogP contribution in [-0.4, -0.2) is 17.6 Å². The molecule has 0 atom stereocenters. The number of anilines is 1. The number of amides is 2. The van der Waals surface area contributed by atoms with E-state index in [1.54, 1.807) is 0 Å². The van der Waals surface area contributed by atoms with E-state index in [0.717, 1.165) is 27.7 Å². The number of aromatic amines is 1. The number of hydrogen-bond acceptors (Lipinski definition) is 2. The number of H-pyrrole nitrogens is 1. The van der Waals surface area contributed by atoms with Gasteiger partial charge < -0.3 is 15.6 Å². The summed E-state index contributed by atoms with van der Waals surface area (Å²) < 4.78 is 0. The van der Waals surface area contributed by atoms with E-state index in [1.165, 1.54) is 0 Å². The minimum Gasteiger partial charge on any atom is -0.338 e. The first-order valence-electron chi connectivity index (χ1n) is 8.26. The SMILES string of the molecule is Cc1cc(C)c2cc(CCNC(=O)Nc3ccccc3)c(=O)[nH]c2c1. The van der Waals surface area contributed by atoms with Crippen molar-refractivity contribution in [2.45, 2.75) is 20.3 Å². The highest BCUT2D eigenvalue weighted by atomic mass is 16.2. The number of pyridine rings is 1. The quantitative estimate of drug-likeness (QED) is 0.682. The minimum absolute atomic E-state index is 0.109. The summed E-state index contributed by atoms with van der Waals surface area (Å²) in [4.78, 5) is 27.1. The number of urea groups is 1. The van der Waals surface area contributed by atoms with Gasteiger partial charge in [0.25, 0.3) is 5.56 Å². The number of carbonyl (C=O) groups excluding carboxylic acids is 1. The highest BCUT2D eigenvalue weighted by molar-refractivity contribution is 5.89. The highest BCUT2D eigenvalue weighted by Crippen LogP contribution is 2.18. The molecule has 1 aromatic heterocycles. The molecule has 25 heavy (non-hydrogen) atoms. The van der Waals surface area contributed by atoms with E-state index in [4.69, 9.17) is 0 Å². The summed E-state index contributed by atoms with van der Waals surface area (Å²) >= 11 is 0. The lowest BCUT2D eigenvalue weighted by molar-refractivity contribution is 0.252. The van der Waals surface area contributed by atoms with E-state index in [1.807, 2.05) is 56.3 Å². The molecular formula is C20H21N3O2. The monoisotopic (exact) mass is 335 g/mol. The maximum absolute atomic E-state index is 12.2. The Hall–Kier alpha value is -3.08. The second-order valence-electron chi connectivity index (χ2n) is 6.16. The summed E-state index contributed by atoms with van der Waals surface area (Å²) in [7, 11) is 0. The summed E-state index contributed by atoms with van der Waals surface area (Å²) in [5.74, 6) is 0. The smallest absolute Gasteiger partial charge is 0.319 e. The third-order valence-electron chi connectivity index (χ3n) is 4.10. The van der Waals surface area contributed by atoms with Crippen LogP contribution in [0.3, 0.4) is 0 Å². The Kier molecular flexibility index (Phi) is 4.84. The van der Waals surface area contributed by atoms with Crippen LogP contribution in [0.1, 0.15) is 16.7 Å². The van der Waals surface area contributed by atoms with Gasteiger partial charge >= 0.3 is 6.03 Å². The number of benzene rings is 2. The van der Waals surface area contributed by atoms with Gasteiger partial charge in [0.15, 0.2) is 0 Å². The van der Waals surface area contributed by atoms with Crippen molar-refractivity contribution >= 4 is 22.6 Å². The largest absolute Gasteiger partial charge is 0.338 e. The van der Waals surface area contributed by atoms with Crippen molar-refractivity contribution in [2.24, 2.45) is 0 Å². The molecule has 0 radical (unpaired) electrons. The maximum atomic E-state index is 12.2. The van der Waals surface area contributed by atoms with E-state index >= 15 is 0 Å². The number of rotatable bonds is 4. The molecule has 5 nitrogen and oxygen atoms in total. The summed E-state index contributed by atoms with van der Waals surface area (Å²) in [5, 5.41) is 6.56. The van der Waals surface area contributed by atoms with Gasteiger partial charge in [-0.15, -0.1) is 0 Å². The van der Waals surface area contributed by atoms with Gasteiger partial charge in [0.2, 0.25) is 0 Å². The minimum atomic E-state index is -0.282. The summed E-state index contributed by atoms with van der Waals surface area (Å²) in [6.07, 6.45) is 0.473. The summed E-state index contributed by atoms with van der Waals surface area (Å²) in [6, 6.07) is 14.9. The number of carbonyl (C=O) groups is 1. The fraction of sp³-hybridized carbons (Fsp3) is 0.200. The first-order chi connectivity index (χ1) is 12.0. The Morgan fingerprint density at radius 3 is 2.60 bits per heavy atom. The second kappa shape index (κ2) is 7.21. The molecule has 128 valence electrons. The second-order valence-corrected chi connectivity index (χ2v) is 6.16. The highest BCUT2D eigenvalue weighted by Gasteiger charge is 2.07. The Bertz CT molecular complexity index is 962. The predicted octanol–water partition coefficient (Wildman–Crippen LogP) is 3.51. The molecule has 3 aromatic rings. The molecule has 0 bridgehead atoms. The van der Waals surface area contributed by atoms with E-state index < -0.39 is 0 Å². The van der Waals surface area contributed by atoms with Crippen molar-refractivity contribution in [2.75, 3.05) is 11.9 Å². The number of nitrogens with one attached hydrogen (secondary N) is 3. The van der Waals surface area contributed by atoms with Gasteiger partial charge in [-0.25, -0.2) is 4.79 Å². The molecule has 1 heterocycles. The standard InChI is InChI=1S/C20H21N3O2/c1-13-10-14(2)17-12-15(19(24)23-18(17)11-13)8-9-21-20(25)22-16-6-4-3-5-7-16/h3-7,10-12H,8-9H2,1-2H3,(H,23,24)(H2,21,22,25). The zero-order valence-electron chi connectivity index (χ0n) is 14.3. The molecule has 0 saturated carbocycles. The third-order valence-corrected chi connectivity index (χ3v) is 4.10. The van der Waals surface area contributed by atoms with Gasteiger partial charge in [0, 0.05) is 28.7 Å². The molecule has 3 N–H and O–H groups in total. The molecule has 3 rings (SSSR count). The van der Waals surface area contributed by atoms with Crippen LogP contribution in [0, 0.1) is 13.8 Å². The van der Waals surface area contributed by atoms with Crippen LogP contribution < -0.4 is 16.2 Å². The van der Waals surface area contributed by atoms with Gasteiger partial charge in [0.05, 0.1) is 0 Å². The van der Waals surface area contributed by atoms with E-state index in [-0.39, 0.29) is 11.6 Å². The molecular weight excluding hydrogens is 314 g/mol. The van der Waals surface area contributed by atoms with E-state index in [0.29, 0.717) is 18.5 Å². The van der Waals surface area contributed by atoms with E-state index in [9.17, 15) is 9.59 Å². The van der Waals surface area contributed by atoms with Crippen molar-refractivity contribution < 1.29 is 4.79 Å². The molecule has 2 amide bonds. The van der Waals surface area contributed by atoms with Gasteiger partial charge in [-0.05, 0) is 55.7 Å². The van der Waals surface area contributed by atoms with Crippen LogP contribution >= 0.6 is 0 Å². The molecule has 5 heteroatoms. The number of hydrogen-bond donors (Lipinski definition) is 3. The Morgan fingerprint density at radius 2 is 1.84 bits per heavy atom. The first-order valence-corrected chi connectivity index (χ1v) is 8.26. The Morgan fingerprint density at radius 1 is 1.08 bits per heavy atom. The molecule has 0 spiro atoms. The topological polar surface area (TPSA) is 74.0 Å². The maximum Gasteiger partial charge on any atom is 0.319 e. The molecule has 0 saturated heterocycles. The van der Waals surface area contributed by atoms with Crippen LogP contribution in [0.5, 0.6) is 0 Å². The number of para-hydroxylation sites is 1. The van der Waals surface area contributed by atoms with Crippen LogP contribution in [-0.2, 0) is 6.42 Å². The lowest BCUT2D eigenvalue weighted by atomic mass is 10.0. The van der Waals surface area contributed by atoms with Gasteiger partial charge in [0.1, 0.15) is 0 Å². The normalized spacial score (nSPS) is 10.6. The predicted molar refractivity (Wildman–Crippen MR) is 101 cm³/mol. The molecule has 0 unspecified atom stereocenters. The fourth-order valence-corrected chi connectivity index (χ4v) is 2.91. The van der Waals surface area contributed by atoms with Crippen LogP contribution in [0.4, 0.5) is 10.5 Å². The first kappa shape index (κ1) is 16.8. The number of aromatic nitrogens is 1. The Labute approximate surface area is 146 Å². The van der Waals surface area contributed by atoms with Crippen LogP contribution in [0.15, 0.2) is 53.3 Å². The fourth-order valence-electron chi connectivity index (χ4n) is 2.91. The lowest BCUT2D eigenvalue weighted by Crippen LogP contribution is -2.31. The molecule has 0 aliphatic carbocycles. The molecule has 0 fully saturated rings. The van der Waals surface area contributed by atoms with E-state index in [2.05, 4.69) is 21.7 Å². The number of fused-ring (bicyclic) bond motifs is 1. The van der Waals surface area contributed by atoms with Crippen molar-refractivity contribution in [3.8, 4) is 0 Å². The average Bonchev–Trinajstić information content (AvgIpc) is 2.56. The van der Waals surface area contributed by atoms with Crippen molar-refractivity contribution in [3.63, 3.8) is 0 Å². The molecule has 2 aromatic carbocycles. The third kappa shape index (κ3) is 4.07. The van der Waals surface area contributed by atoms with Crippen LogP contribution in [0.25, 0.3) is 10.9 Å². The van der Waals surface area contributed by atoms with Crippen LogP contribution in [0.2, 0.25) is 0 Å². The van der Waals surface area contributed by atoms with Gasteiger partial charge in [-0.3, -0.25) is 4.79 Å². The van der Waals surface area contributed by atoms with Gasteiger partial charge in [-0.1, -0.05) is 24.3 Å². The zero-order valence-corrected chi connectivity index (χ0v) is 14.3. The summed E-state index contributed by atoms with van der Waals surface area (Å²) in [6.45, 7) is 4.43. The van der Waals surface area contributed by atoms with Crippen molar-refractivity contribution in [1.82, 2.24) is 10.3 Å². The van der Waals surface area contributed by atoms with Crippen molar-refractivity contribution in [3.05, 3.63) is 75.6 Å². The lowest BCUT2D eigenvalue weighted by Gasteiger charge is -2.09. The molecule has 0 aliphatic heterocycles.